The molecule has 146 valence electrons. The summed E-state index contributed by atoms with van der Waals surface area (Å²) < 4.78 is 5.25. The molecule has 27 heavy (non-hydrogen) atoms. The summed E-state index contributed by atoms with van der Waals surface area (Å²) in [6.07, 6.45) is 4.16. The molecule has 0 unspecified atom stereocenters. The zero-order chi connectivity index (χ0) is 19.1. The molecule has 1 fully saturated rings. The van der Waals surface area contributed by atoms with Crippen LogP contribution in [0.4, 0.5) is 0 Å². The molecule has 1 heterocycles. The maximum absolute atomic E-state index is 10.8. The number of halogens is 1. The van der Waals surface area contributed by atoms with E-state index in [0.717, 1.165) is 62.8 Å². The SMILES string of the molecule is COCCN1CCC(c2ccccc2)(c2cc(CCCBr)ccc2O)CC1. The predicted molar refractivity (Wildman–Crippen MR) is 115 cm³/mol. The van der Waals surface area contributed by atoms with Crippen LogP contribution in [-0.2, 0) is 16.6 Å². The average molecular weight is 432 g/mol. The van der Waals surface area contributed by atoms with Crippen molar-refractivity contribution in [3.05, 3.63) is 65.2 Å². The number of hydrogen-bond acceptors (Lipinski definition) is 3. The van der Waals surface area contributed by atoms with Crippen LogP contribution in [0, 0.1) is 0 Å². The molecule has 1 aliphatic heterocycles. The van der Waals surface area contributed by atoms with Gasteiger partial charge in [0.1, 0.15) is 5.75 Å². The van der Waals surface area contributed by atoms with Crippen LogP contribution < -0.4 is 0 Å². The first-order chi connectivity index (χ1) is 13.2. The highest BCUT2D eigenvalue weighted by Crippen LogP contribution is 2.45. The average Bonchev–Trinajstić information content (AvgIpc) is 2.73. The summed E-state index contributed by atoms with van der Waals surface area (Å²) in [5, 5.41) is 11.8. The van der Waals surface area contributed by atoms with E-state index in [0.29, 0.717) is 5.75 Å². The van der Waals surface area contributed by atoms with Crippen LogP contribution in [-0.4, -0.2) is 48.7 Å². The zero-order valence-electron chi connectivity index (χ0n) is 16.2. The second-order valence-corrected chi connectivity index (χ2v) is 8.22. The topological polar surface area (TPSA) is 32.7 Å². The molecule has 3 nitrogen and oxygen atoms in total. The largest absolute Gasteiger partial charge is 0.508 e. The maximum atomic E-state index is 10.8. The minimum absolute atomic E-state index is 0.126. The molecular formula is C23H30BrNO2. The van der Waals surface area contributed by atoms with Crippen molar-refractivity contribution in [1.82, 2.24) is 4.90 Å². The highest BCUT2D eigenvalue weighted by molar-refractivity contribution is 9.09. The van der Waals surface area contributed by atoms with Crippen LogP contribution in [0.5, 0.6) is 5.75 Å². The quantitative estimate of drug-likeness (QED) is 0.612. The Kier molecular flexibility index (Phi) is 7.33. The lowest BCUT2D eigenvalue weighted by molar-refractivity contribution is 0.117. The second kappa shape index (κ2) is 9.72. The summed E-state index contributed by atoms with van der Waals surface area (Å²) in [4.78, 5) is 2.47. The summed E-state index contributed by atoms with van der Waals surface area (Å²) in [5.74, 6) is 0.423. The lowest BCUT2D eigenvalue weighted by atomic mass is 9.67. The maximum Gasteiger partial charge on any atom is 0.119 e. The number of phenolic OH excluding ortho intramolecular Hbond substituents is 1. The fraction of sp³-hybridized carbons (Fsp3) is 0.478. The molecular weight excluding hydrogens is 402 g/mol. The number of alkyl halides is 1. The highest BCUT2D eigenvalue weighted by Gasteiger charge is 2.39. The summed E-state index contributed by atoms with van der Waals surface area (Å²) in [7, 11) is 1.76. The Balaban J connectivity index is 1.95. The summed E-state index contributed by atoms with van der Waals surface area (Å²) in [6, 6.07) is 16.9. The van der Waals surface area contributed by atoms with Crippen LogP contribution in [0.1, 0.15) is 36.0 Å². The monoisotopic (exact) mass is 431 g/mol. The van der Waals surface area contributed by atoms with Gasteiger partial charge in [0.25, 0.3) is 0 Å². The minimum Gasteiger partial charge on any atom is -0.508 e. The van der Waals surface area contributed by atoms with Gasteiger partial charge in [-0.05, 0) is 56.0 Å². The standard InChI is InChI=1S/C23H30BrNO2/c1-27-17-16-25-14-11-23(12-15-25,20-7-3-2-4-8-20)21-18-19(6-5-13-24)9-10-22(21)26/h2-4,7-10,18,26H,5-6,11-17H2,1H3. The normalized spacial score (nSPS) is 17.1. The van der Waals surface area contributed by atoms with Crippen molar-refractivity contribution >= 4 is 15.9 Å². The van der Waals surface area contributed by atoms with E-state index in [1.807, 2.05) is 6.07 Å². The smallest absolute Gasteiger partial charge is 0.119 e. The van der Waals surface area contributed by atoms with Gasteiger partial charge in [0.05, 0.1) is 6.61 Å². The number of methoxy groups -OCH3 is 1. The Bertz CT molecular complexity index is 712. The number of rotatable bonds is 8. The summed E-state index contributed by atoms with van der Waals surface area (Å²) >= 11 is 3.53. The van der Waals surface area contributed by atoms with Gasteiger partial charge in [0.15, 0.2) is 0 Å². The van der Waals surface area contributed by atoms with Crippen molar-refractivity contribution in [1.29, 1.82) is 0 Å². The second-order valence-electron chi connectivity index (χ2n) is 7.43. The van der Waals surface area contributed by atoms with E-state index in [2.05, 4.69) is 63.3 Å². The van der Waals surface area contributed by atoms with Crippen LogP contribution in [0.3, 0.4) is 0 Å². The highest BCUT2D eigenvalue weighted by atomic mass is 79.9. The van der Waals surface area contributed by atoms with E-state index in [9.17, 15) is 5.11 Å². The van der Waals surface area contributed by atoms with Crippen molar-refractivity contribution < 1.29 is 9.84 Å². The van der Waals surface area contributed by atoms with Gasteiger partial charge < -0.3 is 14.7 Å². The molecule has 0 aromatic heterocycles. The van der Waals surface area contributed by atoms with Gasteiger partial charge in [-0.15, -0.1) is 0 Å². The van der Waals surface area contributed by atoms with E-state index in [-0.39, 0.29) is 5.41 Å². The third kappa shape index (κ3) is 4.74. The van der Waals surface area contributed by atoms with Gasteiger partial charge in [-0.2, -0.15) is 0 Å². The van der Waals surface area contributed by atoms with Crippen LogP contribution in [0.25, 0.3) is 0 Å². The predicted octanol–water partition coefficient (Wildman–Crippen LogP) is 4.75. The molecule has 0 saturated carbocycles. The molecule has 3 rings (SSSR count). The number of aromatic hydroxyl groups is 1. The molecule has 1 saturated heterocycles. The molecule has 0 radical (unpaired) electrons. The Morgan fingerprint density at radius 1 is 1.11 bits per heavy atom. The number of hydrogen-bond donors (Lipinski definition) is 1. The molecule has 0 spiro atoms. The molecule has 0 aliphatic carbocycles. The van der Waals surface area contributed by atoms with E-state index in [1.54, 1.807) is 7.11 Å². The Labute approximate surface area is 171 Å². The van der Waals surface area contributed by atoms with Gasteiger partial charge in [0, 0.05) is 30.0 Å². The first-order valence-electron chi connectivity index (χ1n) is 9.85. The molecule has 0 bridgehead atoms. The van der Waals surface area contributed by atoms with E-state index < -0.39 is 0 Å². The molecule has 0 atom stereocenters. The first-order valence-corrected chi connectivity index (χ1v) is 11.0. The van der Waals surface area contributed by atoms with Crippen molar-refractivity contribution in [3.8, 4) is 5.75 Å². The lowest BCUT2D eigenvalue weighted by Crippen LogP contribution is -2.44. The number of phenols is 1. The molecule has 1 aliphatic rings. The van der Waals surface area contributed by atoms with Gasteiger partial charge in [-0.1, -0.05) is 58.4 Å². The van der Waals surface area contributed by atoms with Gasteiger partial charge in [0.2, 0.25) is 0 Å². The molecule has 0 amide bonds. The third-order valence-corrected chi connectivity index (χ3v) is 6.38. The summed E-state index contributed by atoms with van der Waals surface area (Å²) in [5.41, 5.74) is 3.58. The molecule has 2 aromatic rings. The fourth-order valence-corrected chi connectivity index (χ4v) is 4.52. The van der Waals surface area contributed by atoms with E-state index >= 15 is 0 Å². The lowest BCUT2D eigenvalue weighted by Gasteiger charge is -2.43. The first kappa shape index (κ1) is 20.4. The van der Waals surface area contributed by atoms with E-state index in [1.165, 1.54) is 11.1 Å². The van der Waals surface area contributed by atoms with Crippen LogP contribution >= 0.6 is 15.9 Å². The number of ether oxygens (including phenoxy) is 1. The summed E-state index contributed by atoms with van der Waals surface area (Å²) in [6.45, 7) is 3.77. The Hall–Kier alpha value is -1.36. The number of benzene rings is 2. The fourth-order valence-electron chi connectivity index (χ4n) is 4.24. The Morgan fingerprint density at radius 3 is 2.52 bits per heavy atom. The molecule has 2 aromatic carbocycles. The van der Waals surface area contributed by atoms with Crippen molar-refractivity contribution in [2.24, 2.45) is 0 Å². The van der Waals surface area contributed by atoms with Crippen molar-refractivity contribution in [3.63, 3.8) is 0 Å². The van der Waals surface area contributed by atoms with Crippen LogP contribution in [0.2, 0.25) is 0 Å². The van der Waals surface area contributed by atoms with Gasteiger partial charge in [-0.25, -0.2) is 0 Å². The number of nitrogens with zero attached hydrogens (tertiary/aromatic N) is 1. The number of likely N-dealkylation sites (tertiary alicyclic amines) is 1. The minimum atomic E-state index is -0.126. The van der Waals surface area contributed by atoms with Gasteiger partial charge >= 0.3 is 0 Å². The Morgan fingerprint density at radius 2 is 1.85 bits per heavy atom. The van der Waals surface area contributed by atoms with Crippen molar-refractivity contribution in [2.75, 3.05) is 38.7 Å². The van der Waals surface area contributed by atoms with Crippen molar-refractivity contribution in [2.45, 2.75) is 31.1 Å². The number of piperidine rings is 1. The third-order valence-electron chi connectivity index (χ3n) is 5.82. The molecule has 4 heteroatoms. The zero-order valence-corrected chi connectivity index (χ0v) is 17.7. The number of aryl methyl sites for hydroxylation is 1. The molecule has 1 N–H and O–H groups in total. The van der Waals surface area contributed by atoms with Crippen LogP contribution in [0.15, 0.2) is 48.5 Å². The van der Waals surface area contributed by atoms with Gasteiger partial charge in [-0.3, -0.25) is 0 Å². The van der Waals surface area contributed by atoms with E-state index in [4.69, 9.17) is 4.74 Å².